The third-order valence-electron chi connectivity index (χ3n) is 3.03. The van der Waals surface area contributed by atoms with E-state index in [9.17, 15) is 4.79 Å². The first kappa shape index (κ1) is 15.6. The van der Waals surface area contributed by atoms with Gasteiger partial charge in [0.05, 0.1) is 14.2 Å². The van der Waals surface area contributed by atoms with Crippen molar-refractivity contribution in [1.82, 2.24) is 10.6 Å². The minimum Gasteiger partial charge on any atom is -0.497 e. The van der Waals surface area contributed by atoms with Crippen molar-refractivity contribution < 1.29 is 14.3 Å². The molecule has 1 fully saturated rings. The molecule has 106 valence electrons. The molecule has 1 amide bonds. The molecule has 1 aromatic carbocycles. The Morgan fingerprint density at radius 1 is 1.26 bits per heavy atom. The molecule has 19 heavy (non-hydrogen) atoms. The molecule has 6 heteroatoms. The molecule has 0 spiro atoms. The maximum atomic E-state index is 12.0. The van der Waals surface area contributed by atoms with E-state index in [0.29, 0.717) is 29.5 Å². The van der Waals surface area contributed by atoms with E-state index in [-0.39, 0.29) is 18.3 Å². The van der Waals surface area contributed by atoms with Crippen LogP contribution in [-0.4, -0.2) is 39.8 Å². The van der Waals surface area contributed by atoms with Crippen LogP contribution in [0.5, 0.6) is 11.5 Å². The Hall–Kier alpha value is -1.46. The zero-order valence-corrected chi connectivity index (χ0v) is 11.9. The maximum Gasteiger partial charge on any atom is 0.251 e. The third kappa shape index (κ3) is 4.01. The number of nitrogens with one attached hydrogen (secondary N) is 2. The number of carbonyl (C=O) groups is 1. The van der Waals surface area contributed by atoms with Gasteiger partial charge in [0.15, 0.2) is 0 Å². The minimum atomic E-state index is -0.0981. The van der Waals surface area contributed by atoms with Gasteiger partial charge in [-0.05, 0) is 12.1 Å². The van der Waals surface area contributed by atoms with Crippen molar-refractivity contribution in [2.24, 2.45) is 5.92 Å². The highest BCUT2D eigenvalue weighted by molar-refractivity contribution is 5.95. The van der Waals surface area contributed by atoms with Gasteiger partial charge in [-0.1, -0.05) is 0 Å². The fourth-order valence-electron chi connectivity index (χ4n) is 1.77. The van der Waals surface area contributed by atoms with Gasteiger partial charge in [0, 0.05) is 37.2 Å². The molecule has 2 rings (SSSR count). The second kappa shape index (κ2) is 7.21. The number of halogens is 1. The number of ether oxygens (including phenoxy) is 2. The third-order valence-corrected chi connectivity index (χ3v) is 3.03. The van der Waals surface area contributed by atoms with E-state index in [1.54, 1.807) is 32.4 Å². The smallest absolute Gasteiger partial charge is 0.251 e. The first-order valence-electron chi connectivity index (χ1n) is 5.95. The lowest BCUT2D eigenvalue weighted by atomic mass is 10.0. The van der Waals surface area contributed by atoms with Crippen LogP contribution in [0.4, 0.5) is 0 Å². The highest BCUT2D eigenvalue weighted by atomic mass is 35.5. The van der Waals surface area contributed by atoms with Crippen LogP contribution in [0.3, 0.4) is 0 Å². The fourth-order valence-corrected chi connectivity index (χ4v) is 1.77. The average Bonchev–Trinajstić information content (AvgIpc) is 2.36. The molecule has 0 saturated carbocycles. The van der Waals surface area contributed by atoms with E-state index in [2.05, 4.69) is 10.6 Å². The molecule has 1 aliphatic heterocycles. The number of benzene rings is 1. The minimum absolute atomic E-state index is 0. The molecule has 0 aliphatic carbocycles. The van der Waals surface area contributed by atoms with E-state index in [1.165, 1.54) is 0 Å². The fraction of sp³-hybridized carbons (Fsp3) is 0.462. The van der Waals surface area contributed by atoms with Gasteiger partial charge >= 0.3 is 0 Å². The number of amides is 1. The summed E-state index contributed by atoms with van der Waals surface area (Å²) in [6.45, 7) is 2.65. The van der Waals surface area contributed by atoms with E-state index in [4.69, 9.17) is 9.47 Å². The van der Waals surface area contributed by atoms with Gasteiger partial charge in [-0.3, -0.25) is 4.79 Å². The molecule has 0 atom stereocenters. The summed E-state index contributed by atoms with van der Waals surface area (Å²) in [4.78, 5) is 12.0. The quantitative estimate of drug-likeness (QED) is 0.850. The number of methoxy groups -OCH3 is 2. The van der Waals surface area contributed by atoms with Crippen LogP contribution in [0.2, 0.25) is 0 Å². The van der Waals surface area contributed by atoms with Gasteiger partial charge in [-0.15, -0.1) is 12.4 Å². The standard InChI is InChI=1S/C13H18N2O3.ClH/c1-17-11-3-10(4-12(5-11)18-2)13(16)15-8-9-6-14-7-9;/h3-5,9,14H,6-8H2,1-2H3,(H,15,16);1H. The molecular weight excluding hydrogens is 268 g/mol. The number of carbonyl (C=O) groups excluding carboxylic acids is 1. The van der Waals surface area contributed by atoms with Gasteiger partial charge in [-0.25, -0.2) is 0 Å². The lowest BCUT2D eigenvalue weighted by Gasteiger charge is -2.27. The van der Waals surface area contributed by atoms with E-state index in [0.717, 1.165) is 13.1 Å². The molecule has 1 aromatic rings. The van der Waals surface area contributed by atoms with Crippen molar-refractivity contribution >= 4 is 18.3 Å². The second-order valence-electron chi connectivity index (χ2n) is 4.34. The summed E-state index contributed by atoms with van der Waals surface area (Å²) in [5.74, 6) is 1.68. The monoisotopic (exact) mass is 286 g/mol. The van der Waals surface area contributed by atoms with Crippen molar-refractivity contribution in [2.75, 3.05) is 33.9 Å². The van der Waals surface area contributed by atoms with Crippen LogP contribution in [0.25, 0.3) is 0 Å². The molecule has 0 aromatic heterocycles. The zero-order chi connectivity index (χ0) is 13.0. The van der Waals surface area contributed by atoms with E-state index >= 15 is 0 Å². The van der Waals surface area contributed by atoms with E-state index in [1.807, 2.05) is 0 Å². The van der Waals surface area contributed by atoms with Crippen molar-refractivity contribution in [1.29, 1.82) is 0 Å². The normalized spacial score (nSPS) is 14.0. The average molecular weight is 287 g/mol. The van der Waals surface area contributed by atoms with Gasteiger partial charge in [0.2, 0.25) is 0 Å². The number of hydrogen-bond acceptors (Lipinski definition) is 4. The zero-order valence-electron chi connectivity index (χ0n) is 11.1. The maximum absolute atomic E-state index is 12.0. The van der Waals surface area contributed by atoms with Crippen molar-refractivity contribution in [3.05, 3.63) is 23.8 Å². The highest BCUT2D eigenvalue weighted by Crippen LogP contribution is 2.22. The number of hydrogen-bond donors (Lipinski definition) is 2. The first-order valence-corrected chi connectivity index (χ1v) is 5.95. The van der Waals surface area contributed by atoms with Crippen LogP contribution in [0, 0.1) is 5.92 Å². The molecule has 1 heterocycles. The van der Waals surface area contributed by atoms with Crippen LogP contribution >= 0.6 is 12.4 Å². The Labute approximate surface area is 119 Å². The highest BCUT2D eigenvalue weighted by Gasteiger charge is 2.18. The van der Waals surface area contributed by atoms with Gasteiger partial charge in [-0.2, -0.15) is 0 Å². The van der Waals surface area contributed by atoms with Crippen LogP contribution in [0.15, 0.2) is 18.2 Å². The van der Waals surface area contributed by atoms with Crippen molar-refractivity contribution in [3.63, 3.8) is 0 Å². The molecular formula is C13H19ClN2O3. The summed E-state index contributed by atoms with van der Waals surface area (Å²) < 4.78 is 10.3. The summed E-state index contributed by atoms with van der Waals surface area (Å²) in [7, 11) is 3.13. The Morgan fingerprint density at radius 3 is 2.26 bits per heavy atom. The second-order valence-corrected chi connectivity index (χ2v) is 4.34. The molecule has 0 bridgehead atoms. The Morgan fingerprint density at radius 2 is 1.84 bits per heavy atom. The molecule has 1 saturated heterocycles. The summed E-state index contributed by atoms with van der Waals surface area (Å²) in [6.07, 6.45) is 0. The van der Waals surface area contributed by atoms with Gasteiger partial charge in [0.25, 0.3) is 5.91 Å². The van der Waals surface area contributed by atoms with Crippen LogP contribution < -0.4 is 20.1 Å². The predicted octanol–water partition coefficient (Wildman–Crippen LogP) is 1.07. The van der Waals surface area contributed by atoms with Crippen molar-refractivity contribution in [2.45, 2.75) is 0 Å². The van der Waals surface area contributed by atoms with E-state index < -0.39 is 0 Å². The van der Waals surface area contributed by atoms with Crippen LogP contribution in [0.1, 0.15) is 10.4 Å². The lowest BCUT2D eigenvalue weighted by molar-refractivity contribution is 0.0941. The Bertz CT molecular complexity index is 414. The molecule has 1 aliphatic rings. The summed E-state index contributed by atoms with van der Waals surface area (Å²) in [5, 5.41) is 6.08. The summed E-state index contributed by atoms with van der Waals surface area (Å²) in [6, 6.07) is 5.15. The lowest BCUT2D eigenvalue weighted by Crippen LogP contribution is -2.48. The Balaban J connectivity index is 0.00000180. The largest absolute Gasteiger partial charge is 0.497 e. The van der Waals surface area contributed by atoms with Gasteiger partial charge in [0.1, 0.15) is 11.5 Å². The predicted molar refractivity (Wildman–Crippen MR) is 75.5 cm³/mol. The number of rotatable bonds is 5. The first-order chi connectivity index (χ1) is 8.72. The molecule has 0 unspecified atom stereocenters. The SMILES string of the molecule is COc1cc(OC)cc(C(=O)NCC2CNC2)c1.Cl. The topological polar surface area (TPSA) is 59.6 Å². The summed E-state index contributed by atoms with van der Waals surface area (Å²) in [5.41, 5.74) is 0.554. The molecule has 5 nitrogen and oxygen atoms in total. The summed E-state index contributed by atoms with van der Waals surface area (Å²) >= 11 is 0. The van der Waals surface area contributed by atoms with Crippen LogP contribution in [-0.2, 0) is 0 Å². The Kier molecular flexibility index (Phi) is 5.92. The van der Waals surface area contributed by atoms with Crippen molar-refractivity contribution in [3.8, 4) is 11.5 Å². The molecule has 2 N–H and O–H groups in total. The van der Waals surface area contributed by atoms with Gasteiger partial charge < -0.3 is 20.1 Å². The molecule has 0 radical (unpaired) electrons.